The minimum absolute atomic E-state index is 0.198. The van der Waals surface area contributed by atoms with Crippen molar-refractivity contribution < 1.29 is 5.11 Å². The maximum absolute atomic E-state index is 8.61. The molecule has 0 spiro atoms. The Hall–Kier alpha value is 0.210. The average molecular weight is 136 g/mol. The maximum Gasteiger partial charge on any atom is 0.0600 e. The largest absolute Gasteiger partial charge is 0.395 e. The minimum Gasteiger partial charge on any atom is -0.395 e. The Labute approximate surface area is 54.2 Å². The van der Waals surface area contributed by atoms with E-state index in [1.807, 2.05) is 0 Å². The molecule has 1 heterocycles. The second kappa shape index (κ2) is 2.67. The van der Waals surface area contributed by atoms with Gasteiger partial charge in [0.25, 0.3) is 0 Å². The third kappa shape index (κ3) is 1.13. The van der Waals surface area contributed by atoms with Gasteiger partial charge in [-0.25, -0.2) is 4.42 Å². The molecule has 0 saturated carbocycles. The lowest BCUT2D eigenvalue weighted by atomic mass is 10.2. The third-order valence-corrected chi connectivity index (χ3v) is 1.96. The van der Waals surface area contributed by atoms with Gasteiger partial charge in [-0.1, -0.05) is 0 Å². The van der Waals surface area contributed by atoms with Gasteiger partial charge in [0.15, 0.2) is 0 Å². The van der Waals surface area contributed by atoms with Gasteiger partial charge >= 0.3 is 0 Å². The lowest BCUT2D eigenvalue weighted by Crippen LogP contribution is -2.23. The van der Waals surface area contributed by atoms with Gasteiger partial charge < -0.3 is 5.11 Å². The van der Waals surface area contributed by atoms with E-state index in [-0.39, 0.29) is 12.6 Å². The fraction of sp³-hybridized carbons (Fsp3) is 1.00. The molecule has 0 aliphatic carbocycles. The van der Waals surface area contributed by atoms with E-state index in [2.05, 4.69) is 0 Å². The van der Waals surface area contributed by atoms with E-state index < -0.39 is 0 Å². The summed E-state index contributed by atoms with van der Waals surface area (Å²) in [5.41, 5.74) is 0. The minimum atomic E-state index is 0.198. The first-order valence-corrected chi connectivity index (χ1v) is 3.21. The summed E-state index contributed by atoms with van der Waals surface area (Å²) in [6.45, 7) is 1.12. The van der Waals surface area contributed by atoms with E-state index in [0.29, 0.717) is 0 Å². The normalized spacial score (nSPS) is 31.5. The molecule has 8 heavy (non-hydrogen) atoms. The SMILES string of the molecule is OC[C@@H]1CCCN1Cl. The van der Waals surface area contributed by atoms with Gasteiger partial charge in [0.05, 0.1) is 6.61 Å². The Morgan fingerprint density at radius 1 is 1.75 bits per heavy atom. The van der Waals surface area contributed by atoms with E-state index in [1.165, 1.54) is 0 Å². The van der Waals surface area contributed by atoms with Crippen LogP contribution in [0.5, 0.6) is 0 Å². The van der Waals surface area contributed by atoms with Crippen molar-refractivity contribution >= 4 is 11.8 Å². The van der Waals surface area contributed by atoms with Crippen molar-refractivity contribution in [3.05, 3.63) is 0 Å². The van der Waals surface area contributed by atoms with Crippen molar-refractivity contribution in [2.75, 3.05) is 13.2 Å². The molecule has 1 aliphatic rings. The van der Waals surface area contributed by atoms with Crippen LogP contribution in [0.1, 0.15) is 12.8 Å². The summed E-state index contributed by atoms with van der Waals surface area (Å²) in [5.74, 6) is 0. The molecule has 1 rings (SSSR count). The van der Waals surface area contributed by atoms with Crippen LogP contribution in [-0.2, 0) is 0 Å². The molecule has 2 nitrogen and oxygen atoms in total. The molecule has 1 fully saturated rings. The molecule has 0 amide bonds. The first kappa shape index (κ1) is 6.33. The van der Waals surface area contributed by atoms with Gasteiger partial charge in [-0.05, 0) is 24.6 Å². The van der Waals surface area contributed by atoms with Crippen LogP contribution in [0.2, 0.25) is 0 Å². The standard InChI is InChI=1S/C5H10ClNO/c6-7-3-1-2-5(7)4-8/h5,8H,1-4H2/t5-/m0/s1. The van der Waals surface area contributed by atoms with Crippen LogP contribution >= 0.6 is 11.8 Å². The second-order valence-electron chi connectivity index (χ2n) is 2.10. The molecule has 0 aromatic carbocycles. The van der Waals surface area contributed by atoms with Crippen LogP contribution in [0.15, 0.2) is 0 Å². The first-order valence-electron chi connectivity index (χ1n) is 2.88. The Kier molecular flexibility index (Phi) is 2.11. The van der Waals surface area contributed by atoms with Crippen molar-refractivity contribution in [1.82, 2.24) is 4.42 Å². The number of hydrogen-bond donors (Lipinski definition) is 1. The highest BCUT2D eigenvalue weighted by molar-refractivity contribution is 6.13. The summed E-state index contributed by atoms with van der Waals surface area (Å²) < 4.78 is 1.68. The van der Waals surface area contributed by atoms with E-state index in [0.717, 1.165) is 19.4 Å². The fourth-order valence-corrected chi connectivity index (χ4v) is 1.26. The van der Waals surface area contributed by atoms with E-state index in [1.54, 1.807) is 4.42 Å². The summed E-state index contributed by atoms with van der Waals surface area (Å²) >= 11 is 5.65. The zero-order valence-corrected chi connectivity index (χ0v) is 5.43. The van der Waals surface area contributed by atoms with Crippen molar-refractivity contribution in [1.29, 1.82) is 0 Å². The summed E-state index contributed by atoms with van der Waals surface area (Å²) in [6.07, 6.45) is 2.16. The molecule has 48 valence electrons. The van der Waals surface area contributed by atoms with Crippen LogP contribution < -0.4 is 0 Å². The molecule has 0 radical (unpaired) electrons. The first-order chi connectivity index (χ1) is 3.84. The number of nitrogens with zero attached hydrogens (tertiary/aromatic N) is 1. The Morgan fingerprint density at radius 3 is 2.75 bits per heavy atom. The van der Waals surface area contributed by atoms with E-state index in [9.17, 15) is 0 Å². The Balaban J connectivity index is 2.30. The van der Waals surface area contributed by atoms with Crippen LogP contribution in [0, 0.1) is 0 Å². The monoisotopic (exact) mass is 135 g/mol. The molecule has 0 bridgehead atoms. The highest BCUT2D eigenvalue weighted by Gasteiger charge is 2.20. The predicted octanol–water partition coefficient (Wildman–Crippen LogP) is 0.597. The predicted molar refractivity (Wildman–Crippen MR) is 32.7 cm³/mol. The van der Waals surface area contributed by atoms with Crippen LogP contribution in [0.3, 0.4) is 0 Å². The van der Waals surface area contributed by atoms with Crippen molar-refractivity contribution in [3.63, 3.8) is 0 Å². The number of rotatable bonds is 1. The zero-order chi connectivity index (χ0) is 5.98. The fourth-order valence-electron chi connectivity index (χ4n) is 0.980. The molecule has 0 unspecified atom stereocenters. The average Bonchev–Trinajstić information content (AvgIpc) is 2.14. The van der Waals surface area contributed by atoms with Crippen LogP contribution in [0.4, 0.5) is 0 Å². The number of hydrogen-bond acceptors (Lipinski definition) is 2. The quantitative estimate of drug-likeness (QED) is 0.533. The van der Waals surface area contributed by atoms with Crippen LogP contribution in [0.25, 0.3) is 0 Å². The molecule has 0 aromatic rings. The summed E-state index contributed by atoms with van der Waals surface area (Å²) in [7, 11) is 0. The number of aliphatic hydroxyl groups excluding tert-OH is 1. The smallest absolute Gasteiger partial charge is 0.0600 e. The van der Waals surface area contributed by atoms with Gasteiger partial charge in [-0.15, -0.1) is 0 Å². The molecule has 3 heteroatoms. The van der Waals surface area contributed by atoms with E-state index >= 15 is 0 Å². The molecule has 1 atom stereocenters. The molecule has 0 aromatic heterocycles. The van der Waals surface area contributed by atoms with Crippen molar-refractivity contribution in [2.45, 2.75) is 18.9 Å². The zero-order valence-electron chi connectivity index (χ0n) is 4.68. The third-order valence-electron chi connectivity index (χ3n) is 1.52. The van der Waals surface area contributed by atoms with Gasteiger partial charge in [0.2, 0.25) is 0 Å². The molecular formula is C5H10ClNO. The number of halogens is 1. The van der Waals surface area contributed by atoms with Gasteiger partial charge in [-0.2, -0.15) is 0 Å². The van der Waals surface area contributed by atoms with Crippen molar-refractivity contribution in [3.8, 4) is 0 Å². The van der Waals surface area contributed by atoms with Crippen molar-refractivity contribution in [2.24, 2.45) is 0 Å². The summed E-state index contributed by atoms with van der Waals surface area (Å²) in [6, 6.07) is 0.219. The van der Waals surface area contributed by atoms with Gasteiger partial charge in [0, 0.05) is 12.6 Å². The Morgan fingerprint density at radius 2 is 2.50 bits per heavy atom. The highest BCUT2D eigenvalue weighted by atomic mass is 35.5. The lowest BCUT2D eigenvalue weighted by molar-refractivity contribution is 0.217. The molecule has 1 aliphatic heterocycles. The summed E-state index contributed by atoms with van der Waals surface area (Å²) in [4.78, 5) is 0. The Bertz CT molecular complexity index is 78.8. The summed E-state index contributed by atoms with van der Waals surface area (Å²) in [5, 5.41) is 8.61. The molecule has 1 N–H and O–H groups in total. The number of aliphatic hydroxyl groups is 1. The molecule has 1 saturated heterocycles. The maximum atomic E-state index is 8.61. The topological polar surface area (TPSA) is 23.5 Å². The van der Waals surface area contributed by atoms with Gasteiger partial charge in [0.1, 0.15) is 0 Å². The molecular weight excluding hydrogens is 126 g/mol. The lowest BCUT2D eigenvalue weighted by Gasteiger charge is -2.11. The highest BCUT2D eigenvalue weighted by Crippen LogP contribution is 2.17. The second-order valence-corrected chi connectivity index (χ2v) is 2.54. The van der Waals surface area contributed by atoms with E-state index in [4.69, 9.17) is 16.9 Å². The van der Waals surface area contributed by atoms with Gasteiger partial charge in [-0.3, -0.25) is 0 Å². The van der Waals surface area contributed by atoms with Crippen LogP contribution in [-0.4, -0.2) is 28.7 Å².